The van der Waals surface area contributed by atoms with Crippen molar-refractivity contribution in [2.75, 3.05) is 0 Å². The van der Waals surface area contributed by atoms with Crippen molar-refractivity contribution in [2.45, 2.75) is 12.1 Å². The van der Waals surface area contributed by atoms with E-state index in [-0.39, 0.29) is 11.1 Å². The third kappa shape index (κ3) is 3.15. The predicted octanol–water partition coefficient (Wildman–Crippen LogP) is 2.94. The van der Waals surface area contributed by atoms with Crippen LogP contribution < -0.4 is 11.5 Å². The Morgan fingerprint density at radius 2 is 0.800 bits per heavy atom. The van der Waals surface area contributed by atoms with Gasteiger partial charge in [0.1, 0.15) is 23.3 Å². The quantitative estimate of drug-likeness (QED) is 0.851. The van der Waals surface area contributed by atoms with E-state index in [1.807, 2.05) is 0 Å². The summed E-state index contributed by atoms with van der Waals surface area (Å²) >= 11 is 0. The van der Waals surface area contributed by atoms with E-state index in [9.17, 15) is 17.6 Å². The molecule has 0 unspecified atom stereocenters. The molecule has 0 bridgehead atoms. The molecule has 2 atom stereocenters. The third-order valence-corrected chi connectivity index (χ3v) is 2.93. The fourth-order valence-electron chi connectivity index (χ4n) is 1.95. The normalized spacial score (nSPS) is 14.1. The zero-order valence-corrected chi connectivity index (χ0v) is 10.3. The largest absolute Gasteiger partial charge is 0.322 e. The van der Waals surface area contributed by atoms with Gasteiger partial charge < -0.3 is 11.5 Å². The molecule has 2 aromatic carbocycles. The van der Waals surface area contributed by atoms with Gasteiger partial charge in [-0.05, 0) is 35.4 Å². The lowest BCUT2D eigenvalue weighted by Gasteiger charge is -2.21. The number of halogens is 4. The highest BCUT2D eigenvalue weighted by Crippen LogP contribution is 2.26. The van der Waals surface area contributed by atoms with Crippen LogP contribution in [0.3, 0.4) is 0 Å². The molecule has 20 heavy (non-hydrogen) atoms. The summed E-state index contributed by atoms with van der Waals surface area (Å²) in [5, 5.41) is 0. The van der Waals surface area contributed by atoms with Crippen LogP contribution in [-0.2, 0) is 0 Å². The highest BCUT2D eigenvalue weighted by Gasteiger charge is 2.20. The smallest absolute Gasteiger partial charge is 0.126 e. The molecule has 0 aliphatic heterocycles. The summed E-state index contributed by atoms with van der Waals surface area (Å²) in [7, 11) is 0. The van der Waals surface area contributed by atoms with Crippen molar-refractivity contribution in [3.05, 3.63) is 70.8 Å². The molecule has 0 spiro atoms. The molecule has 0 saturated heterocycles. The van der Waals surface area contributed by atoms with Crippen LogP contribution in [0, 0.1) is 23.3 Å². The van der Waals surface area contributed by atoms with Crippen LogP contribution in [-0.4, -0.2) is 0 Å². The number of benzene rings is 2. The summed E-state index contributed by atoms with van der Waals surface area (Å²) in [6.07, 6.45) is 0. The second kappa shape index (κ2) is 5.60. The van der Waals surface area contributed by atoms with Crippen LogP contribution in [0.5, 0.6) is 0 Å². The Bertz CT molecular complexity index is 535. The summed E-state index contributed by atoms with van der Waals surface area (Å²) in [5.74, 6) is -3.19. The van der Waals surface area contributed by atoms with E-state index >= 15 is 0 Å². The van der Waals surface area contributed by atoms with Gasteiger partial charge in [-0.2, -0.15) is 0 Å². The predicted molar refractivity (Wildman–Crippen MR) is 66.6 cm³/mol. The second-order valence-corrected chi connectivity index (χ2v) is 4.46. The molecular weight excluding hydrogens is 272 g/mol. The highest BCUT2D eigenvalue weighted by molar-refractivity contribution is 5.28. The van der Waals surface area contributed by atoms with Gasteiger partial charge in [0.05, 0.1) is 0 Å². The fourth-order valence-corrected chi connectivity index (χ4v) is 1.95. The van der Waals surface area contributed by atoms with Gasteiger partial charge in [-0.25, -0.2) is 17.6 Å². The van der Waals surface area contributed by atoms with Gasteiger partial charge in [-0.3, -0.25) is 0 Å². The lowest BCUT2D eigenvalue weighted by atomic mass is 9.94. The van der Waals surface area contributed by atoms with Crippen LogP contribution in [0.2, 0.25) is 0 Å². The summed E-state index contributed by atoms with van der Waals surface area (Å²) in [6.45, 7) is 0. The summed E-state index contributed by atoms with van der Waals surface area (Å²) in [6, 6.07) is 3.52. The molecule has 4 N–H and O–H groups in total. The van der Waals surface area contributed by atoms with Crippen molar-refractivity contribution in [3.63, 3.8) is 0 Å². The molecule has 0 saturated carbocycles. The number of hydrogen-bond donors (Lipinski definition) is 2. The molecule has 2 nitrogen and oxygen atoms in total. The van der Waals surface area contributed by atoms with Gasteiger partial charge >= 0.3 is 0 Å². The molecule has 6 heteroatoms. The van der Waals surface area contributed by atoms with Crippen molar-refractivity contribution in [2.24, 2.45) is 11.5 Å². The zero-order chi connectivity index (χ0) is 14.9. The van der Waals surface area contributed by atoms with Gasteiger partial charge in [0.2, 0.25) is 0 Å². The summed E-state index contributed by atoms with van der Waals surface area (Å²) < 4.78 is 52.5. The molecule has 0 aliphatic carbocycles. The minimum Gasteiger partial charge on any atom is -0.322 e. The van der Waals surface area contributed by atoms with Crippen molar-refractivity contribution in [3.8, 4) is 0 Å². The minimum absolute atomic E-state index is 0.111. The SMILES string of the molecule is N[C@@H](c1cc(F)cc(F)c1)[C@@H](N)c1cc(F)cc(F)c1. The Labute approximate surface area is 113 Å². The van der Waals surface area contributed by atoms with E-state index in [0.717, 1.165) is 24.3 Å². The van der Waals surface area contributed by atoms with Gasteiger partial charge in [-0.15, -0.1) is 0 Å². The molecule has 0 aliphatic rings. The third-order valence-electron chi connectivity index (χ3n) is 2.93. The van der Waals surface area contributed by atoms with Crippen LogP contribution in [0.1, 0.15) is 23.2 Å². The molecule has 0 amide bonds. The van der Waals surface area contributed by atoms with Crippen molar-refractivity contribution >= 4 is 0 Å². The molecular formula is C14H12F4N2. The first-order valence-corrected chi connectivity index (χ1v) is 5.80. The standard InChI is InChI=1S/C14H12F4N2/c15-9-1-7(2-10(16)5-9)13(19)14(20)8-3-11(17)6-12(18)4-8/h1-6,13-14H,19-20H2/t13-,14-/m0/s1. The monoisotopic (exact) mass is 284 g/mol. The lowest BCUT2D eigenvalue weighted by molar-refractivity contribution is 0.532. The first kappa shape index (κ1) is 14.5. The van der Waals surface area contributed by atoms with E-state index in [0.29, 0.717) is 12.1 Å². The zero-order valence-electron chi connectivity index (χ0n) is 10.3. The van der Waals surface area contributed by atoms with Gasteiger partial charge in [0, 0.05) is 24.2 Å². The maximum atomic E-state index is 13.1. The maximum absolute atomic E-state index is 13.1. The molecule has 0 aromatic heterocycles. The first-order chi connectivity index (χ1) is 9.36. The Hall–Kier alpha value is -1.92. The minimum atomic E-state index is -0.999. The lowest BCUT2D eigenvalue weighted by Crippen LogP contribution is -2.27. The van der Waals surface area contributed by atoms with Crippen molar-refractivity contribution in [1.82, 2.24) is 0 Å². The van der Waals surface area contributed by atoms with E-state index in [1.54, 1.807) is 0 Å². The highest BCUT2D eigenvalue weighted by atomic mass is 19.1. The van der Waals surface area contributed by atoms with E-state index in [2.05, 4.69) is 0 Å². The van der Waals surface area contributed by atoms with Gasteiger partial charge in [0.25, 0.3) is 0 Å². The molecule has 0 radical (unpaired) electrons. The topological polar surface area (TPSA) is 52.0 Å². The van der Waals surface area contributed by atoms with Gasteiger partial charge in [0.15, 0.2) is 0 Å². The number of hydrogen-bond acceptors (Lipinski definition) is 2. The average Bonchev–Trinajstić information content (AvgIpc) is 2.34. The Balaban J connectivity index is 2.34. The fraction of sp³-hybridized carbons (Fsp3) is 0.143. The molecule has 106 valence electrons. The summed E-state index contributed by atoms with van der Waals surface area (Å²) in [5.41, 5.74) is 11.8. The second-order valence-electron chi connectivity index (χ2n) is 4.46. The van der Waals surface area contributed by atoms with Crippen LogP contribution in [0.4, 0.5) is 17.6 Å². The molecule has 0 fully saturated rings. The Morgan fingerprint density at radius 1 is 0.550 bits per heavy atom. The Morgan fingerprint density at radius 3 is 1.05 bits per heavy atom. The molecule has 0 heterocycles. The Kier molecular flexibility index (Phi) is 4.06. The number of nitrogens with two attached hydrogens (primary N) is 2. The van der Waals surface area contributed by atoms with E-state index in [1.165, 1.54) is 0 Å². The number of rotatable bonds is 3. The summed E-state index contributed by atoms with van der Waals surface area (Å²) in [4.78, 5) is 0. The van der Waals surface area contributed by atoms with Crippen molar-refractivity contribution in [1.29, 1.82) is 0 Å². The maximum Gasteiger partial charge on any atom is 0.126 e. The van der Waals surface area contributed by atoms with Crippen LogP contribution in [0.15, 0.2) is 36.4 Å². The van der Waals surface area contributed by atoms with E-state index in [4.69, 9.17) is 11.5 Å². The molecule has 2 aromatic rings. The van der Waals surface area contributed by atoms with Crippen LogP contribution in [0.25, 0.3) is 0 Å². The van der Waals surface area contributed by atoms with Gasteiger partial charge in [-0.1, -0.05) is 0 Å². The van der Waals surface area contributed by atoms with Crippen molar-refractivity contribution < 1.29 is 17.6 Å². The first-order valence-electron chi connectivity index (χ1n) is 5.80. The molecule has 2 rings (SSSR count). The van der Waals surface area contributed by atoms with Crippen LogP contribution >= 0.6 is 0 Å². The van der Waals surface area contributed by atoms with E-state index < -0.39 is 35.4 Å². The average molecular weight is 284 g/mol.